The molecule has 3 aromatic rings. The number of carbonyl (C=O) groups excluding carboxylic acids is 1. The van der Waals surface area contributed by atoms with Crippen molar-refractivity contribution in [1.82, 2.24) is 0 Å². The smallest absolute Gasteiger partial charge is 0.342 e. The van der Waals surface area contributed by atoms with E-state index in [4.69, 9.17) is 28.4 Å². The van der Waals surface area contributed by atoms with Gasteiger partial charge in [0.25, 0.3) is 0 Å². The van der Waals surface area contributed by atoms with Gasteiger partial charge >= 0.3 is 5.97 Å². The van der Waals surface area contributed by atoms with Gasteiger partial charge in [0, 0.05) is 25.0 Å². The maximum Gasteiger partial charge on any atom is 0.342 e. The molecule has 7 nitrogen and oxygen atoms in total. The van der Waals surface area contributed by atoms with E-state index in [9.17, 15) is 4.79 Å². The van der Waals surface area contributed by atoms with Gasteiger partial charge in [0.2, 0.25) is 5.79 Å². The number of methoxy groups -OCH3 is 1. The molecular formula is C35H40O7. The van der Waals surface area contributed by atoms with Crippen molar-refractivity contribution < 1.29 is 33.2 Å². The zero-order valence-electron chi connectivity index (χ0n) is 25.1. The van der Waals surface area contributed by atoms with Crippen LogP contribution in [0.15, 0.2) is 60.7 Å². The van der Waals surface area contributed by atoms with Crippen molar-refractivity contribution >= 4 is 12.0 Å². The van der Waals surface area contributed by atoms with Crippen LogP contribution in [-0.2, 0) is 27.4 Å². The number of aryl methyl sites for hydroxylation is 1. The number of benzene rings is 3. The van der Waals surface area contributed by atoms with Crippen LogP contribution in [0.2, 0.25) is 0 Å². The summed E-state index contributed by atoms with van der Waals surface area (Å²) in [5.41, 5.74) is 3.87. The molecule has 0 saturated heterocycles. The molecule has 0 spiro atoms. The lowest BCUT2D eigenvalue weighted by molar-refractivity contribution is -0.180. The van der Waals surface area contributed by atoms with Crippen LogP contribution in [0.4, 0.5) is 0 Å². The van der Waals surface area contributed by atoms with E-state index in [0.717, 1.165) is 53.0 Å². The van der Waals surface area contributed by atoms with Gasteiger partial charge in [-0.15, -0.1) is 0 Å². The van der Waals surface area contributed by atoms with Gasteiger partial charge < -0.3 is 28.4 Å². The van der Waals surface area contributed by atoms with Gasteiger partial charge in [-0.05, 0) is 61.2 Å². The molecule has 7 heteroatoms. The van der Waals surface area contributed by atoms with Crippen LogP contribution in [0.25, 0.3) is 6.08 Å². The fraction of sp³-hybridized carbons (Fsp3) is 0.400. The lowest BCUT2D eigenvalue weighted by Gasteiger charge is -2.33. The highest BCUT2D eigenvalue weighted by Crippen LogP contribution is 2.41. The highest BCUT2D eigenvalue weighted by Gasteiger charge is 2.32. The van der Waals surface area contributed by atoms with Gasteiger partial charge in [0.05, 0.1) is 20.3 Å². The summed E-state index contributed by atoms with van der Waals surface area (Å²) in [4.78, 5) is 13.8. The summed E-state index contributed by atoms with van der Waals surface area (Å²) in [6.07, 6.45) is 6.60. The Morgan fingerprint density at radius 2 is 1.76 bits per heavy atom. The Morgan fingerprint density at radius 3 is 2.52 bits per heavy atom. The first kappa shape index (κ1) is 29.7. The monoisotopic (exact) mass is 572 g/mol. The third kappa shape index (κ3) is 6.80. The van der Waals surface area contributed by atoms with Gasteiger partial charge in [0.15, 0.2) is 0 Å². The third-order valence-corrected chi connectivity index (χ3v) is 7.62. The zero-order valence-corrected chi connectivity index (χ0v) is 25.1. The summed E-state index contributed by atoms with van der Waals surface area (Å²) in [5.74, 6) is 1.39. The van der Waals surface area contributed by atoms with Crippen molar-refractivity contribution in [3.05, 3.63) is 88.5 Å². The van der Waals surface area contributed by atoms with E-state index < -0.39 is 24.0 Å². The lowest BCUT2D eigenvalue weighted by Crippen LogP contribution is -2.35. The first-order valence-corrected chi connectivity index (χ1v) is 14.7. The van der Waals surface area contributed by atoms with E-state index in [0.29, 0.717) is 36.7 Å². The van der Waals surface area contributed by atoms with E-state index >= 15 is 0 Å². The maximum atomic E-state index is 13.8. The molecule has 0 N–H and O–H groups in total. The Hall–Kier alpha value is -3.81. The van der Waals surface area contributed by atoms with E-state index in [2.05, 4.69) is 6.92 Å². The Kier molecular flexibility index (Phi) is 9.19. The standard InChI is InChI=1S/C35H40O7/c1-6-7-8-11-31-30(38-21-24-13-15-25(37-5)16-14-24)18-17-26-27-22-39-35(3,4)42-29(27)20-19-28(26)40-32-12-9-10-23(2)33(32)34(36)41-31/h9-10,12-20,30-31H,6-8,11,21-22H2,1-5H3/b18-17+/t30-,31+/m1/s1. The van der Waals surface area contributed by atoms with Gasteiger partial charge in [-0.25, -0.2) is 4.79 Å². The van der Waals surface area contributed by atoms with Crippen LogP contribution in [0.3, 0.4) is 0 Å². The van der Waals surface area contributed by atoms with Crippen LogP contribution in [0, 0.1) is 6.92 Å². The first-order valence-electron chi connectivity index (χ1n) is 14.7. The van der Waals surface area contributed by atoms with Gasteiger partial charge in [-0.3, -0.25) is 0 Å². The van der Waals surface area contributed by atoms with Crippen LogP contribution in [-0.4, -0.2) is 31.1 Å². The van der Waals surface area contributed by atoms with E-state index in [1.807, 2.05) is 81.5 Å². The molecule has 0 saturated carbocycles. The number of carbonyl (C=O) groups is 1. The van der Waals surface area contributed by atoms with Crippen molar-refractivity contribution in [2.75, 3.05) is 7.11 Å². The van der Waals surface area contributed by atoms with Crippen molar-refractivity contribution in [3.8, 4) is 23.0 Å². The van der Waals surface area contributed by atoms with Crippen molar-refractivity contribution in [2.24, 2.45) is 0 Å². The topological polar surface area (TPSA) is 72.5 Å². The summed E-state index contributed by atoms with van der Waals surface area (Å²) in [5, 5.41) is 0. The minimum Gasteiger partial charge on any atom is -0.497 e. The molecule has 2 atom stereocenters. The second kappa shape index (κ2) is 13.0. The quantitative estimate of drug-likeness (QED) is 0.199. The van der Waals surface area contributed by atoms with Gasteiger partial charge in [-0.2, -0.15) is 0 Å². The fourth-order valence-electron chi connectivity index (χ4n) is 5.26. The van der Waals surface area contributed by atoms with Crippen LogP contribution in [0.1, 0.15) is 79.1 Å². The van der Waals surface area contributed by atoms with E-state index in [1.165, 1.54) is 0 Å². The molecule has 0 bridgehead atoms. The van der Waals surface area contributed by atoms with E-state index in [-0.39, 0.29) is 0 Å². The Balaban J connectivity index is 1.58. The fourth-order valence-corrected chi connectivity index (χ4v) is 5.26. The Labute approximate surface area is 248 Å². The summed E-state index contributed by atoms with van der Waals surface area (Å²) in [6, 6.07) is 17.1. The number of fused-ring (bicyclic) bond motifs is 4. The number of rotatable bonds is 8. The van der Waals surface area contributed by atoms with Crippen molar-refractivity contribution in [2.45, 2.75) is 84.6 Å². The maximum absolute atomic E-state index is 13.8. The predicted molar refractivity (Wildman–Crippen MR) is 161 cm³/mol. The molecule has 2 aliphatic rings. The molecule has 0 amide bonds. The summed E-state index contributed by atoms with van der Waals surface area (Å²) < 4.78 is 36.7. The van der Waals surface area contributed by atoms with Crippen LogP contribution in [0.5, 0.6) is 23.0 Å². The third-order valence-electron chi connectivity index (χ3n) is 7.62. The molecule has 0 aromatic heterocycles. The SMILES string of the molecule is CCCCC[C@@H]1OC(=O)c2c(C)cccc2Oc2ccc3c(c2/C=C/[C@H]1OCc1ccc(OC)cc1)COC(C)(C)O3. The first-order chi connectivity index (χ1) is 20.3. The van der Waals surface area contributed by atoms with E-state index in [1.54, 1.807) is 13.2 Å². The van der Waals surface area contributed by atoms with Gasteiger partial charge in [-0.1, -0.05) is 56.2 Å². The molecule has 2 heterocycles. The number of hydrogen-bond donors (Lipinski definition) is 0. The molecule has 0 unspecified atom stereocenters. The summed E-state index contributed by atoms with van der Waals surface area (Å²) >= 11 is 0. The molecular weight excluding hydrogens is 532 g/mol. The number of cyclic esters (lactones) is 1. The molecule has 42 heavy (non-hydrogen) atoms. The number of ether oxygens (including phenoxy) is 6. The highest BCUT2D eigenvalue weighted by molar-refractivity contribution is 5.94. The highest BCUT2D eigenvalue weighted by atomic mass is 16.7. The number of unbranched alkanes of at least 4 members (excludes halogenated alkanes) is 2. The second-order valence-corrected chi connectivity index (χ2v) is 11.2. The predicted octanol–water partition coefficient (Wildman–Crippen LogP) is 8.16. The normalized spacial score (nSPS) is 20.0. The van der Waals surface area contributed by atoms with Crippen LogP contribution < -0.4 is 14.2 Å². The van der Waals surface area contributed by atoms with Crippen LogP contribution >= 0.6 is 0 Å². The minimum absolute atomic E-state index is 0.340. The number of esters is 1. The zero-order chi connectivity index (χ0) is 29.7. The van der Waals surface area contributed by atoms with Crippen molar-refractivity contribution in [1.29, 1.82) is 0 Å². The molecule has 0 fully saturated rings. The molecule has 2 aliphatic heterocycles. The lowest BCUT2D eigenvalue weighted by atomic mass is 10.0. The summed E-state index contributed by atoms with van der Waals surface area (Å²) in [6.45, 7) is 8.53. The average molecular weight is 573 g/mol. The molecule has 3 aromatic carbocycles. The largest absolute Gasteiger partial charge is 0.497 e. The molecule has 0 aliphatic carbocycles. The summed E-state index contributed by atoms with van der Waals surface area (Å²) in [7, 11) is 1.64. The molecule has 5 rings (SSSR count). The molecule has 222 valence electrons. The molecule has 0 radical (unpaired) electrons. The Morgan fingerprint density at radius 1 is 0.976 bits per heavy atom. The minimum atomic E-state index is -0.738. The number of hydrogen-bond acceptors (Lipinski definition) is 7. The van der Waals surface area contributed by atoms with Crippen molar-refractivity contribution in [3.63, 3.8) is 0 Å². The van der Waals surface area contributed by atoms with Gasteiger partial charge in [0.1, 0.15) is 40.8 Å². The average Bonchev–Trinajstić information content (AvgIpc) is 2.99. The second-order valence-electron chi connectivity index (χ2n) is 11.2. The Bertz CT molecular complexity index is 1420.